The van der Waals surface area contributed by atoms with Gasteiger partial charge in [0.25, 0.3) is 0 Å². The van der Waals surface area contributed by atoms with Crippen LogP contribution in [-0.4, -0.2) is 45.8 Å². The molecule has 0 aromatic heterocycles. The monoisotopic (exact) mass is 292 g/mol. The molecule has 1 heterocycles. The second kappa shape index (κ2) is 5.73. The Morgan fingerprint density at radius 2 is 2.10 bits per heavy atom. The maximum atomic E-state index is 12.2. The molecule has 0 bridgehead atoms. The fourth-order valence-corrected chi connectivity index (χ4v) is 2.52. The van der Waals surface area contributed by atoms with Gasteiger partial charge in [0.05, 0.1) is 17.7 Å². The van der Waals surface area contributed by atoms with Crippen LogP contribution in [0.5, 0.6) is 0 Å². The van der Waals surface area contributed by atoms with E-state index >= 15 is 0 Å². The van der Waals surface area contributed by atoms with Gasteiger partial charge in [-0.3, -0.25) is 0 Å². The van der Waals surface area contributed by atoms with Crippen LogP contribution in [0.1, 0.15) is 35.7 Å². The molecule has 1 unspecified atom stereocenters. The molecule has 1 aliphatic rings. The molecule has 1 saturated heterocycles. The number of piperidine rings is 1. The average molecular weight is 292 g/mol. The fraction of sp³-hybridized carbons (Fsp3) is 0.467. The summed E-state index contributed by atoms with van der Waals surface area (Å²) in [6.45, 7) is 4.37. The second-order valence-corrected chi connectivity index (χ2v) is 5.79. The Morgan fingerprint density at radius 1 is 1.38 bits per heavy atom. The number of nitrogens with zero attached hydrogens (tertiary/aromatic N) is 1. The van der Waals surface area contributed by atoms with Crippen molar-refractivity contribution in [2.24, 2.45) is 0 Å². The van der Waals surface area contributed by atoms with E-state index in [1.54, 1.807) is 24.8 Å². The topological polar surface area (TPSA) is 89.9 Å². The number of carbonyl (C=O) groups is 2. The highest BCUT2D eigenvalue weighted by molar-refractivity contribution is 5.92. The van der Waals surface area contributed by atoms with Crippen LogP contribution in [0.3, 0.4) is 0 Å². The van der Waals surface area contributed by atoms with E-state index in [4.69, 9.17) is 5.11 Å². The summed E-state index contributed by atoms with van der Waals surface area (Å²) in [6, 6.07) is 4.28. The number of rotatable bonds is 2. The summed E-state index contributed by atoms with van der Waals surface area (Å²) in [4.78, 5) is 24.7. The molecule has 1 atom stereocenters. The summed E-state index contributed by atoms with van der Waals surface area (Å²) < 4.78 is 0. The maximum Gasteiger partial charge on any atom is 0.335 e. The number of anilines is 1. The van der Waals surface area contributed by atoms with Crippen LogP contribution in [0, 0.1) is 6.92 Å². The van der Waals surface area contributed by atoms with Crippen LogP contribution in [0.4, 0.5) is 10.5 Å². The Labute approximate surface area is 123 Å². The van der Waals surface area contributed by atoms with Gasteiger partial charge in [-0.15, -0.1) is 0 Å². The van der Waals surface area contributed by atoms with Gasteiger partial charge in [0.15, 0.2) is 0 Å². The molecule has 21 heavy (non-hydrogen) atoms. The molecule has 3 N–H and O–H groups in total. The molecule has 2 amide bonds. The van der Waals surface area contributed by atoms with Crippen molar-refractivity contribution < 1.29 is 19.8 Å². The van der Waals surface area contributed by atoms with Gasteiger partial charge < -0.3 is 20.4 Å². The van der Waals surface area contributed by atoms with E-state index in [2.05, 4.69) is 5.32 Å². The number of nitrogens with one attached hydrogen (secondary N) is 1. The zero-order chi connectivity index (χ0) is 15.6. The van der Waals surface area contributed by atoms with Gasteiger partial charge in [-0.1, -0.05) is 0 Å². The van der Waals surface area contributed by atoms with Crippen LogP contribution < -0.4 is 5.32 Å². The Kier molecular flexibility index (Phi) is 4.18. The summed E-state index contributed by atoms with van der Waals surface area (Å²) >= 11 is 0. The minimum Gasteiger partial charge on any atom is -0.478 e. The van der Waals surface area contributed by atoms with Gasteiger partial charge in [0, 0.05) is 12.2 Å². The van der Waals surface area contributed by atoms with Crippen LogP contribution >= 0.6 is 0 Å². The quantitative estimate of drug-likeness (QED) is 0.778. The molecule has 0 aliphatic carbocycles. The number of amides is 2. The SMILES string of the molecule is Cc1cc(C(=O)O)ccc1NC(=O)N1CCCC(C)(O)C1. The average Bonchev–Trinajstić information content (AvgIpc) is 2.39. The van der Waals surface area contributed by atoms with Crippen molar-refractivity contribution in [3.63, 3.8) is 0 Å². The lowest BCUT2D eigenvalue weighted by atomic mass is 9.95. The molecule has 114 valence electrons. The maximum absolute atomic E-state index is 12.2. The standard InChI is InChI=1S/C15H20N2O4/c1-10-8-11(13(18)19)4-5-12(10)16-14(20)17-7-3-6-15(2,21)9-17/h4-5,8,21H,3,6-7,9H2,1-2H3,(H,16,20)(H,18,19). The van der Waals surface area contributed by atoms with Crippen molar-refractivity contribution in [2.75, 3.05) is 18.4 Å². The van der Waals surface area contributed by atoms with E-state index in [-0.39, 0.29) is 11.6 Å². The fourth-order valence-electron chi connectivity index (χ4n) is 2.52. The normalized spacial score (nSPS) is 22.0. The van der Waals surface area contributed by atoms with Crippen molar-refractivity contribution in [2.45, 2.75) is 32.3 Å². The number of carboxylic acids is 1. The van der Waals surface area contributed by atoms with E-state index in [0.717, 1.165) is 6.42 Å². The van der Waals surface area contributed by atoms with E-state index in [1.807, 2.05) is 0 Å². The molecule has 6 nitrogen and oxygen atoms in total. The summed E-state index contributed by atoms with van der Waals surface area (Å²) in [5, 5.41) is 21.7. The van der Waals surface area contributed by atoms with Gasteiger partial charge in [0.2, 0.25) is 0 Å². The van der Waals surface area contributed by atoms with E-state index in [9.17, 15) is 14.7 Å². The predicted molar refractivity (Wildman–Crippen MR) is 78.6 cm³/mol. The first-order valence-corrected chi connectivity index (χ1v) is 6.91. The third kappa shape index (κ3) is 3.72. The minimum absolute atomic E-state index is 0.186. The predicted octanol–water partition coefficient (Wildman–Crippen LogP) is 2.07. The molecule has 1 aromatic rings. The molecular weight excluding hydrogens is 272 g/mol. The van der Waals surface area contributed by atoms with Gasteiger partial charge in [-0.05, 0) is 50.5 Å². The highest BCUT2D eigenvalue weighted by atomic mass is 16.4. The van der Waals surface area contributed by atoms with Crippen molar-refractivity contribution in [1.82, 2.24) is 4.90 Å². The highest BCUT2D eigenvalue weighted by Gasteiger charge is 2.31. The smallest absolute Gasteiger partial charge is 0.335 e. The second-order valence-electron chi connectivity index (χ2n) is 5.79. The Bertz CT molecular complexity index is 569. The van der Waals surface area contributed by atoms with E-state index < -0.39 is 11.6 Å². The van der Waals surface area contributed by atoms with Gasteiger partial charge in [-0.25, -0.2) is 9.59 Å². The third-order valence-electron chi connectivity index (χ3n) is 3.68. The minimum atomic E-state index is -0.997. The number of aryl methyl sites for hydroxylation is 1. The van der Waals surface area contributed by atoms with Crippen molar-refractivity contribution in [1.29, 1.82) is 0 Å². The lowest BCUT2D eigenvalue weighted by Gasteiger charge is -2.36. The first kappa shape index (κ1) is 15.3. The van der Waals surface area contributed by atoms with Gasteiger partial charge >= 0.3 is 12.0 Å². The molecule has 1 fully saturated rings. The number of likely N-dealkylation sites (tertiary alicyclic amines) is 1. The molecule has 1 aliphatic heterocycles. The number of aromatic carboxylic acids is 1. The Morgan fingerprint density at radius 3 is 2.67 bits per heavy atom. The molecule has 0 saturated carbocycles. The highest BCUT2D eigenvalue weighted by Crippen LogP contribution is 2.22. The molecule has 0 spiro atoms. The largest absolute Gasteiger partial charge is 0.478 e. The van der Waals surface area contributed by atoms with Gasteiger partial charge in [-0.2, -0.15) is 0 Å². The Balaban J connectivity index is 2.07. The van der Waals surface area contributed by atoms with Crippen molar-refractivity contribution in [3.05, 3.63) is 29.3 Å². The summed E-state index contributed by atoms with van der Waals surface area (Å²) in [5.74, 6) is -0.997. The third-order valence-corrected chi connectivity index (χ3v) is 3.68. The first-order valence-electron chi connectivity index (χ1n) is 6.91. The lowest BCUT2D eigenvalue weighted by molar-refractivity contribution is -0.000639. The number of carbonyl (C=O) groups excluding carboxylic acids is 1. The van der Waals surface area contributed by atoms with E-state index in [1.165, 1.54) is 12.1 Å². The van der Waals surface area contributed by atoms with Crippen LogP contribution in [0.15, 0.2) is 18.2 Å². The number of carboxylic acid groups (broad SMARTS) is 1. The summed E-state index contributed by atoms with van der Waals surface area (Å²) in [6.07, 6.45) is 1.44. The Hall–Kier alpha value is -2.08. The lowest BCUT2D eigenvalue weighted by Crippen LogP contribution is -2.50. The first-order chi connectivity index (χ1) is 9.78. The number of benzene rings is 1. The molecule has 0 radical (unpaired) electrons. The molecular formula is C15H20N2O4. The van der Waals surface area contributed by atoms with Crippen molar-refractivity contribution >= 4 is 17.7 Å². The molecule has 1 aromatic carbocycles. The van der Waals surface area contributed by atoms with Crippen LogP contribution in [0.25, 0.3) is 0 Å². The van der Waals surface area contributed by atoms with Crippen LogP contribution in [-0.2, 0) is 0 Å². The number of urea groups is 1. The number of hydrogen-bond donors (Lipinski definition) is 3. The molecule has 6 heteroatoms. The van der Waals surface area contributed by atoms with E-state index in [0.29, 0.717) is 30.8 Å². The van der Waals surface area contributed by atoms with Crippen molar-refractivity contribution in [3.8, 4) is 0 Å². The summed E-state index contributed by atoms with van der Waals surface area (Å²) in [7, 11) is 0. The number of hydrogen-bond acceptors (Lipinski definition) is 3. The molecule has 2 rings (SSSR count). The van der Waals surface area contributed by atoms with Gasteiger partial charge in [0.1, 0.15) is 0 Å². The number of β-amino-alcohol motifs (C(OH)–C–C–N with tert-alkyl or cyclic N) is 1. The zero-order valence-electron chi connectivity index (χ0n) is 12.2. The number of aliphatic hydroxyl groups is 1. The zero-order valence-corrected chi connectivity index (χ0v) is 12.2. The summed E-state index contributed by atoms with van der Waals surface area (Å²) in [5.41, 5.74) is 0.603. The van der Waals surface area contributed by atoms with Crippen LogP contribution in [0.2, 0.25) is 0 Å².